The standard InChI is InChI=1S/C13H18ClNO/c1-8-6-11(14)13(16-3)12(9(8)2)10-4-5-15-7-10/h6,10,15H,4-5,7H2,1-3H3. The number of nitrogens with one attached hydrogen (secondary N) is 1. The molecule has 0 aromatic heterocycles. The van der Waals surface area contributed by atoms with Crippen LogP contribution >= 0.6 is 11.6 Å². The number of hydrogen-bond donors (Lipinski definition) is 1. The Labute approximate surface area is 102 Å². The second-order valence-electron chi connectivity index (χ2n) is 4.44. The van der Waals surface area contributed by atoms with Crippen molar-refractivity contribution in [1.82, 2.24) is 5.32 Å². The van der Waals surface area contributed by atoms with Crippen LogP contribution in [0.25, 0.3) is 0 Å². The van der Waals surface area contributed by atoms with Crippen LogP contribution < -0.4 is 10.1 Å². The van der Waals surface area contributed by atoms with Crippen molar-refractivity contribution in [1.29, 1.82) is 0 Å². The lowest BCUT2D eigenvalue weighted by Gasteiger charge is -2.19. The zero-order valence-electron chi connectivity index (χ0n) is 10.1. The van der Waals surface area contributed by atoms with Crippen molar-refractivity contribution in [3.63, 3.8) is 0 Å². The van der Waals surface area contributed by atoms with Gasteiger partial charge in [0.05, 0.1) is 12.1 Å². The number of hydrogen-bond acceptors (Lipinski definition) is 2. The summed E-state index contributed by atoms with van der Waals surface area (Å²) in [6.07, 6.45) is 1.16. The van der Waals surface area contributed by atoms with Crippen LogP contribution in [0.5, 0.6) is 5.75 Å². The van der Waals surface area contributed by atoms with Crippen LogP contribution in [-0.2, 0) is 0 Å². The molecule has 0 aliphatic carbocycles. The molecule has 1 N–H and O–H groups in total. The Hall–Kier alpha value is -0.730. The molecular weight excluding hydrogens is 222 g/mol. The van der Waals surface area contributed by atoms with Crippen molar-refractivity contribution in [2.75, 3.05) is 20.2 Å². The van der Waals surface area contributed by atoms with E-state index in [9.17, 15) is 0 Å². The van der Waals surface area contributed by atoms with Gasteiger partial charge in [0.1, 0.15) is 5.75 Å². The first-order valence-electron chi connectivity index (χ1n) is 5.69. The van der Waals surface area contributed by atoms with Crippen LogP contribution in [0.2, 0.25) is 5.02 Å². The van der Waals surface area contributed by atoms with E-state index in [2.05, 4.69) is 19.2 Å². The third-order valence-corrected chi connectivity index (χ3v) is 3.75. The molecule has 1 saturated heterocycles. The maximum absolute atomic E-state index is 6.24. The number of aryl methyl sites for hydroxylation is 1. The van der Waals surface area contributed by atoms with E-state index in [1.807, 2.05) is 6.07 Å². The van der Waals surface area contributed by atoms with Gasteiger partial charge < -0.3 is 10.1 Å². The quantitative estimate of drug-likeness (QED) is 0.857. The van der Waals surface area contributed by atoms with Crippen molar-refractivity contribution < 1.29 is 4.74 Å². The summed E-state index contributed by atoms with van der Waals surface area (Å²) in [6, 6.07) is 1.99. The van der Waals surface area contributed by atoms with E-state index in [0.29, 0.717) is 5.92 Å². The first-order valence-corrected chi connectivity index (χ1v) is 6.07. The molecule has 0 saturated carbocycles. The number of rotatable bonds is 2. The van der Waals surface area contributed by atoms with E-state index >= 15 is 0 Å². The average Bonchev–Trinajstić information content (AvgIpc) is 2.76. The molecule has 1 unspecified atom stereocenters. The zero-order valence-corrected chi connectivity index (χ0v) is 10.8. The van der Waals surface area contributed by atoms with Gasteiger partial charge >= 0.3 is 0 Å². The van der Waals surface area contributed by atoms with Crippen molar-refractivity contribution in [2.45, 2.75) is 26.2 Å². The molecule has 16 heavy (non-hydrogen) atoms. The molecule has 88 valence electrons. The van der Waals surface area contributed by atoms with E-state index < -0.39 is 0 Å². The first kappa shape index (κ1) is 11.7. The van der Waals surface area contributed by atoms with Gasteiger partial charge in [-0.1, -0.05) is 11.6 Å². The summed E-state index contributed by atoms with van der Waals surface area (Å²) in [7, 11) is 1.70. The van der Waals surface area contributed by atoms with Crippen LogP contribution in [0.3, 0.4) is 0 Å². The molecule has 1 heterocycles. The fourth-order valence-corrected chi connectivity index (χ4v) is 2.82. The minimum absolute atomic E-state index is 0.535. The number of halogens is 1. The lowest BCUT2D eigenvalue weighted by atomic mass is 9.90. The summed E-state index contributed by atoms with van der Waals surface area (Å²) < 4.78 is 5.46. The number of ether oxygens (including phenoxy) is 1. The smallest absolute Gasteiger partial charge is 0.141 e. The van der Waals surface area contributed by atoms with Gasteiger partial charge in [-0.3, -0.25) is 0 Å². The summed E-state index contributed by atoms with van der Waals surface area (Å²) >= 11 is 6.24. The molecule has 2 nitrogen and oxygen atoms in total. The van der Waals surface area contributed by atoms with Crippen molar-refractivity contribution in [3.05, 3.63) is 27.8 Å². The van der Waals surface area contributed by atoms with Crippen LogP contribution in [0, 0.1) is 13.8 Å². The lowest BCUT2D eigenvalue weighted by Crippen LogP contribution is -2.10. The Morgan fingerprint density at radius 3 is 2.75 bits per heavy atom. The Bertz CT molecular complexity index is 397. The zero-order chi connectivity index (χ0) is 11.7. The van der Waals surface area contributed by atoms with Gasteiger partial charge in [0.15, 0.2) is 0 Å². The highest BCUT2D eigenvalue weighted by Crippen LogP contribution is 2.39. The molecule has 0 bridgehead atoms. The van der Waals surface area contributed by atoms with E-state index in [1.165, 1.54) is 16.7 Å². The summed E-state index contributed by atoms with van der Waals surface area (Å²) in [5.74, 6) is 1.39. The molecular formula is C13H18ClNO. The number of methoxy groups -OCH3 is 1. The molecule has 1 aliphatic heterocycles. The molecule has 1 aromatic rings. The van der Waals surface area contributed by atoms with Crippen molar-refractivity contribution in [2.24, 2.45) is 0 Å². The normalized spacial score (nSPS) is 20.1. The Kier molecular flexibility index (Phi) is 3.41. The topological polar surface area (TPSA) is 21.3 Å². The molecule has 0 amide bonds. The van der Waals surface area contributed by atoms with E-state index in [4.69, 9.17) is 16.3 Å². The predicted octanol–water partition coefficient (Wildman–Crippen LogP) is 3.04. The summed E-state index contributed by atoms with van der Waals surface area (Å²) in [6.45, 7) is 6.37. The highest BCUT2D eigenvalue weighted by Gasteiger charge is 2.24. The van der Waals surface area contributed by atoms with Gasteiger partial charge in [0.2, 0.25) is 0 Å². The Morgan fingerprint density at radius 1 is 1.44 bits per heavy atom. The van der Waals surface area contributed by atoms with Gasteiger partial charge in [0, 0.05) is 18.0 Å². The largest absolute Gasteiger partial charge is 0.495 e. The van der Waals surface area contributed by atoms with E-state index in [0.717, 1.165) is 30.3 Å². The summed E-state index contributed by atoms with van der Waals surface area (Å²) in [5, 5.41) is 4.12. The van der Waals surface area contributed by atoms with Crippen LogP contribution in [0.4, 0.5) is 0 Å². The molecule has 1 aliphatic rings. The Balaban J connectivity index is 2.54. The van der Waals surface area contributed by atoms with Crippen molar-refractivity contribution >= 4 is 11.6 Å². The predicted molar refractivity (Wildman–Crippen MR) is 67.7 cm³/mol. The van der Waals surface area contributed by atoms with E-state index in [1.54, 1.807) is 7.11 Å². The monoisotopic (exact) mass is 239 g/mol. The third-order valence-electron chi connectivity index (χ3n) is 3.47. The van der Waals surface area contributed by atoms with Gasteiger partial charge in [-0.15, -0.1) is 0 Å². The Morgan fingerprint density at radius 2 is 2.19 bits per heavy atom. The summed E-state index contributed by atoms with van der Waals surface area (Å²) in [5.41, 5.74) is 3.85. The average molecular weight is 240 g/mol. The van der Waals surface area contributed by atoms with Gasteiger partial charge in [-0.25, -0.2) is 0 Å². The second kappa shape index (κ2) is 4.64. The van der Waals surface area contributed by atoms with Crippen molar-refractivity contribution in [3.8, 4) is 5.75 Å². The fraction of sp³-hybridized carbons (Fsp3) is 0.538. The molecule has 1 atom stereocenters. The SMILES string of the molecule is COc1c(Cl)cc(C)c(C)c1C1CCNC1. The highest BCUT2D eigenvalue weighted by atomic mass is 35.5. The molecule has 0 spiro atoms. The minimum Gasteiger partial charge on any atom is -0.495 e. The lowest BCUT2D eigenvalue weighted by molar-refractivity contribution is 0.406. The number of benzene rings is 1. The molecule has 1 aromatic carbocycles. The fourth-order valence-electron chi connectivity index (χ4n) is 2.48. The first-order chi connectivity index (χ1) is 7.65. The highest BCUT2D eigenvalue weighted by molar-refractivity contribution is 6.32. The molecule has 3 heteroatoms. The minimum atomic E-state index is 0.535. The summed E-state index contributed by atoms with van der Waals surface area (Å²) in [4.78, 5) is 0. The molecule has 2 rings (SSSR count). The second-order valence-corrected chi connectivity index (χ2v) is 4.84. The van der Waals surface area contributed by atoms with Crippen LogP contribution in [-0.4, -0.2) is 20.2 Å². The maximum atomic E-state index is 6.24. The van der Waals surface area contributed by atoms with Gasteiger partial charge in [-0.05, 0) is 44.0 Å². The van der Waals surface area contributed by atoms with Crippen LogP contribution in [0.1, 0.15) is 29.0 Å². The third kappa shape index (κ3) is 1.92. The molecule has 1 fully saturated rings. The maximum Gasteiger partial charge on any atom is 0.141 e. The van der Waals surface area contributed by atoms with Crippen LogP contribution in [0.15, 0.2) is 6.07 Å². The van der Waals surface area contributed by atoms with E-state index in [-0.39, 0.29) is 0 Å². The molecule has 0 radical (unpaired) electrons. The van der Waals surface area contributed by atoms with Gasteiger partial charge in [-0.2, -0.15) is 0 Å². The van der Waals surface area contributed by atoms with Gasteiger partial charge in [0.25, 0.3) is 0 Å².